The number of carbonyl (C=O) groups excluding carboxylic acids is 1. The molecule has 0 saturated heterocycles. The molecule has 0 aromatic heterocycles. The van der Waals surface area contributed by atoms with Gasteiger partial charge in [0.1, 0.15) is 5.75 Å². The summed E-state index contributed by atoms with van der Waals surface area (Å²) in [5.41, 5.74) is 2.11. The van der Waals surface area contributed by atoms with Gasteiger partial charge in [0.15, 0.2) is 0 Å². The van der Waals surface area contributed by atoms with Crippen LogP contribution in [0.4, 0.5) is 0 Å². The fraction of sp³-hybridized carbons (Fsp3) is 0.308. The third kappa shape index (κ3) is 4.17. The van der Waals surface area contributed by atoms with E-state index < -0.39 is 0 Å². The monoisotopic (exact) mass is 220 g/mol. The second-order valence-corrected chi connectivity index (χ2v) is 3.60. The van der Waals surface area contributed by atoms with Gasteiger partial charge in [-0.3, -0.25) is 4.79 Å². The molecular formula is C13H16O3. The molecule has 1 rings (SSSR count). The van der Waals surface area contributed by atoms with Crippen molar-refractivity contribution in [3.05, 3.63) is 41.7 Å². The first-order valence-electron chi connectivity index (χ1n) is 5.07. The van der Waals surface area contributed by atoms with E-state index in [1.54, 1.807) is 7.11 Å². The van der Waals surface area contributed by atoms with Crippen LogP contribution in [0.1, 0.15) is 19.4 Å². The van der Waals surface area contributed by atoms with Crippen LogP contribution in [0, 0.1) is 0 Å². The maximum absolute atomic E-state index is 10.6. The van der Waals surface area contributed by atoms with E-state index in [-0.39, 0.29) is 5.97 Å². The maximum atomic E-state index is 10.6. The lowest BCUT2D eigenvalue weighted by Crippen LogP contribution is -1.94. The summed E-state index contributed by atoms with van der Waals surface area (Å²) in [6.45, 7) is 3.30. The third-order valence-corrected chi connectivity index (χ3v) is 2.04. The highest BCUT2D eigenvalue weighted by Crippen LogP contribution is 2.15. The molecule has 0 radical (unpaired) electrons. The average molecular weight is 220 g/mol. The summed E-state index contributed by atoms with van der Waals surface area (Å²) in [5.74, 6) is 0.530. The normalized spacial score (nSPS) is 11.1. The van der Waals surface area contributed by atoms with E-state index in [2.05, 4.69) is 0 Å². The summed E-state index contributed by atoms with van der Waals surface area (Å²) in [7, 11) is 1.64. The smallest absolute Gasteiger partial charge is 0.307 e. The first-order valence-corrected chi connectivity index (χ1v) is 5.07. The van der Waals surface area contributed by atoms with Crippen LogP contribution in [0.25, 0.3) is 0 Å². The van der Waals surface area contributed by atoms with Crippen molar-refractivity contribution in [2.45, 2.75) is 20.3 Å². The van der Waals surface area contributed by atoms with Gasteiger partial charge in [0, 0.05) is 6.92 Å². The lowest BCUT2D eigenvalue weighted by molar-refractivity contribution is -0.135. The highest BCUT2D eigenvalue weighted by molar-refractivity contribution is 5.66. The van der Waals surface area contributed by atoms with Gasteiger partial charge in [0.05, 0.1) is 13.4 Å². The minimum Gasteiger partial charge on any atom is -0.497 e. The number of methoxy groups -OCH3 is 1. The van der Waals surface area contributed by atoms with Crippen LogP contribution in [-0.4, -0.2) is 13.1 Å². The molecular weight excluding hydrogens is 204 g/mol. The van der Waals surface area contributed by atoms with Crippen molar-refractivity contribution in [3.63, 3.8) is 0 Å². The number of benzene rings is 1. The number of esters is 1. The van der Waals surface area contributed by atoms with Crippen LogP contribution in [0.3, 0.4) is 0 Å². The van der Waals surface area contributed by atoms with Crippen molar-refractivity contribution in [3.8, 4) is 5.75 Å². The van der Waals surface area contributed by atoms with Crippen LogP contribution in [-0.2, 0) is 16.0 Å². The summed E-state index contributed by atoms with van der Waals surface area (Å²) < 4.78 is 9.93. The van der Waals surface area contributed by atoms with Crippen LogP contribution >= 0.6 is 0 Å². The van der Waals surface area contributed by atoms with Gasteiger partial charge < -0.3 is 9.47 Å². The molecule has 0 amide bonds. The topological polar surface area (TPSA) is 35.5 Å². The van der Waals surface area contributed by atoms with E-state index in [1.807, 2.05) is 31.2 Å². The van der Waals surface area contributed by atoms with E-state index in [4.69, 9.17) is 9.47 Å². The van der Waals surface area contributed by atoms with Crippen LogP contribution < -0.4 is 4.74 Å². The molecule has 0 spiro atoms. The van der Waals surface area contributed by atoms with E-state index in [0.717, 1.165) is 23.3 Å². The Morgan fingerprint density at radius 3 is 2.75 bits per heavy atom. The summed E-state index contributed by atoms with van der Waals surface area (Å²) >= 11 is 0. The predicted molar refractivity (Wildman–Crippen MR) is 62.2 cm³/mol. The molecule has 3 heteroatoms. The molecule has 0 saturated carbocycles. The number of ether oxygens (including phenoxy) is 2. The lowest BCUT2D eigenvalue weighted by atomic mass is 10.1. The van der Waals surface area contributed by atoms with Gasteiger partial charge >= 0.3 is 5.97 Å². The van der Waals surface area contributed by atoms with Gasteiger partial charge in [-0.25, -0.2) is 0 Å². The van der Waals surface area contributed by atoms with Crippen LogP contribution in [0.5, 0.6) is 5.75 Å². The van der Waals surface area contributed by atoms with Crippen molar-refractivity contribution in [2.75, 3.05) is 7.11 Å². The molecule has 0 aliphatic rings. The van der Waals surface area contributed by atoms with Crippen molar-refractivity contribution in [1.82, 2.24) is 0 Å². The van der Waals surface area contributed by atoms with Crippen molar-refractivity contribution < 1.29 is 14.3 Å². The maximum Gasteiger partial charge on any atom is 0.307 e. The van der Waals surface area contributed by atoms with Gasteiger partial charge in [0.25, 0.3) is 0 Å². The Labute approximate surface area is 95.7 Å². The Morgan fingerprint density at radius 1 is 1.38 bits per heavy atom. The van der Waals surface area contributed by atoms with E-state index in [0.29, 0.717) is 0 Å². The molecule has 0 aliphatic carbocycles. The number of hydrogen-bond acceptors (Lipinski definition) is 3. The molecule has 0 heterocycles. The summed E-state index contributed by atoms with van der Waals surface area (Å²) in [5, 5.41) is 0. The van der Waals surface area contributed by atoms with Gasteiger partial charge in [0.2, 0.25) is 0 Å². The zero-order chi connectivity index (χ0) is 12.0. The fourth-order valence-corrected chi connectivity index (χ4v) is 1.33. The second-order valence-electron chi connectivity index (χ2n) is 3.60. The first-order chi connectivity index (χ1) is 7.61. The Kier molecular flexibility index (Phi) is 4.58. The molecule has 0 aliphatic heterocycles. The SMILES string of the molecule is COc1cccc(CC(C)=COC(C)=O)c1. The van der Waals surface area contributed by atoms with Crippen LogP contribution in [0.15, 0.2) is 36.1 Å². The van der Waals surface area contributed by atoms with E-state index in [1.165, 1.54) is 13.2 Å². The molecule has 16 heavy (non-hydrogen) atoms. The summed E-state index contributed by atoms with van der Waals surface area (Å²) in [4.78, 5) is 10.6. The molecule has 0 unspecified atom stereocenters. The molecule has 1 aromatic carbocycles. The first kappa shape index (κ1) is 12.3. The van der Waals surface area contributed by atoms with Gasteiger partial charge in [-0.05, 0) is 36.6 Å². The zero-order valence-electron chi connectivity index (χ0n) is 9.82. The van der Waals surface area contributed by atoms with Gasteiger partial charge in [-0.15, -0.1) is 0 Å². The summed E-state index contributed by atoms with van der Waals surface area (Å²) in [6, 6.07) is 7.81. The van der Waals surface area contributed by atoms with Crippen molar-refractivity contribution >= 4 is 5.97 Å². The highest BCUT2D eigenvalue weighted by atomic mass is 16.5. The molecule has 0 fully saturated rings. The Morgan fingerprint density at radius 2 is 2.12 bits per heavy atom. The number of rotatable bonds is 4. The molecule has 3 nitrogen and oxygen atoms in total. The number of carbonyl (C=O) groups is 1. The number of hydrogen-bond donors (Lipinski definition) is 0. The van der Waals surface area contributed by atoms with E-state index >= 15 is 0 Å². The standard InChI is InChI=1S/C13H16O3/c1-10(9-16-11(2)14)7-12-5-4-6-13(8-12)15-3/h4-6,8-9H,7H2,1-3H3. The quantitative estimate of drug-likeness (QED) is 0.578. The molecule has 0 N–H and O–H groups in total. The van der Waals surface area contributed by atoms with Crippen molar-refractivity contribution in [2.24, 2.45) is 0 Å². The third-order valence-electron chi connectivity index (χ3n) is 2.04. The Hall–Kier alpha value is -1.77. The molecule has 0 bridgehead atoms. The largest absolute Gasteiger partial charge is 0.497 e. The molecule has 0 atom stereocenters. The average Bonchev–Trinajstić information content (AvgIpc) is 2.26. The highest BCUT2D eigenvalue weighted by Gasteiger charge is 1.98. The predicted octanol–water partition coefficient (Wildman–Crippen LogP) is 2.70. The fourth-order valence-electron chi connectivity index (χ4n) is 1.33. The minimum atomic E-state index is -0.301. The van der Waals surface area contributed by atoms with Crippen LogP contribution in [0.2, 0.25) is 0 Å². The second kappa shape index (κ2) is 5.95. The Bertz CT molecular complexity index is 394. The lowest BCUT2D eigenvalue weighted by Gasteiger charge is -2.04. The molecule has 86 valence electrons. The minimum absolute atomic E-state index is 0.301. The van der Waals surface area contributed by atoms with Gasteiger partial charge in [-0.1, -0.05) is 12.1 Å². The van der Waals surface area contributed by atoms with Gasteiger partial charge in [-0.2, -0.15) is 0 Å². The van der Waals surface area contributed by atoms with Crippen molar-refractivity contribution in [1.29, 1.82) is 0 Å². The Balaban J connectivity index is 2.65. The zero-order valence-corrected chi connectivity index (χ0v) is 9.82. The van der Waals surface area contributed by atoms with E-state index in [9.17, 15) is 4.79 Å². The molecule has 1 aromatic rings. The summed E-state index contributed by atoms with van der Waals surface area (Å²) in [6.07, 6.45) is 2.23. The number of allylic oxidation sites excluding steroid dienone is 1.